The quantitative estimate of drug-likeness (QED) is 0.511. The Morgan fingerprint density at radius 3 is 2.09 bits per heavy atom. The molecule has 0 aliphatic heterocycles. The summed E-state index contributed by atoms with van der Waals surface area (Å²) in [6.45, 7) is 0.493. The molecule has 0 N–H and O–H groups in total. The Morgan fingerprint density at radius 1 is 0.957 bits per heavy atom. The van der Waals surface area contributed by atoms with E-state index in [0.29, 0.717) is 5.57 Å². The van der Waals surface area contributed by atoms with Crippen LogP contribution in [0.25, 0.3) is 0 Å². The molecule has 0 amide bonds. The van der Waals surface area contributed by atoms with E-state index in [1.54, 1.807) is 0 Å². The van der Waals surface area contributed by atoms with Crippen molar-refractivity contribution >= 4 is 11.9 Å². The molecule has 6 nitrogen and oxygen atoms in total. The van der Waals surface area contributed by atoms with Gasteiger partial charge in [0.2, 0.25) is 0 Å². The summed E-state index contributed by atoms with van der Waals surface area (Å²) in [5.41, 5.74) is 1.63. The summed E-state index contributed by atoms with van der Waals surface area (Å²) in [7, 11) is 4.26. The van der Waals surface area contributed by atoms with E-state index in [0.717, 1.165) is 5.56 Å². The van der Waals surface area contributed by atoms with E-state index >= 15 is 0 Å². The molecule has 0 unspecified atom stereocenters. The summed E-state index contributed by atoms with van der Waals surface area (Å²) in [5, 5.41) is 0. The topological polar surface area (TPSA) is 71.1 Å². The molecule has 0 aliphatic rings. The summed E-state index contributed by atoms with van der Waals surface area (Å²) < 4.78 is 20.0. The molecule has 0 radical (unpaired) electrons. The van der Waals surface area contributed by atoms with Crippen molar-refractivity contribution < 1.29 is 28.5 Å². The number of methoxy groups -OCH3 is 3. The molecule has 1 rings (SSSR count). The molecular formula is C17H22O6. The normalized spacial score (nSPS) is 10.0. The number of carbonyl (C=O) groups is 2. The molecule has 0 fully saturated rings. The van der Waals surface area contributed by atoms with Gasteiger partial charge in [0.25, 0.3) is 0 Å². The van der Waals surface area contributed by atoms with Crippen LogP contribution >= 0.6 is 0 Å². The minimum atomic E-state index is -0.592. The van der Waals surface area contributed by atoms with Crippen LogP contribution in [0.5, 0.6) is 0 Å². The van der Waals surface area contributed by atoms with Crippen LogP contribution in [0.2, 0.25) is 0 Å². The van der Waals surface area contributed by atoms with E-state index in [4.69, 9.17) is 18.9 Å². The second-order valence-electron chi connectivity index (χ2n) is 4.76. The smallest absolute Gasteiger partial charge is 0.334 e. The summed E-state index contributed by atoms with van der Waals surface area (Å²) in [6.07, 6.45) is -0.193. The van der Waals surface area contributed by atoms with Crippen molar-refractivity contribution in [3.05, 3.63) is 47.0 Å². The highest BCUT2D eigenvalue weighted by Crippen LogP contribution is 2.14. The lowest BCUT2D eigenvalue weighted by molar-refractivity contribution is -0.146. The first kappa shape index (κ1) is 18.9. The van der Waals surface area contributed by atoms with Gasteiger partial charge in [-0.15, -0.1) is 0 Å². The van der Waals surface area contributed by atoms with Gasteiger partial charge in [0, 0.05) is 14.2 Å². The fraction of sp³-hybridized carbons (Fsp3) is 0.412. The molecule has 0 aliphatic carbocycles. The summed E-state index contributed by atoms with van der Waals surface area (Å²) >= 11 is 0. The van der Waals surface area contributed by atoms with Crippen LogP contribution in [0.15, 0.2) is 41.5 Å². The van der Waals surface area contributed by atoms with Gasteiger partial charge in [-0.2, -0.15) is 0 Å². The van der Waals surface area contributed by atoms with E-state index in [9.17, 15) is 9.59 Å². The number of rotatable bonds is 9. The molecule has 1 aromatic carbocycles. The second-order valence-corrected chi connectivity index (χ2v) is 4.76. The molecule has 0 atom stereocenters. The summed E-state index contributed by atoms with van der Waals surface area (Å²) in [6, 6.07) is 9.30. The van der Waals surface area contributed by atoms with Gasteiger partial charge in [0.05, 0.1) is 32.3 Å². The highest BCUT2D eigenvalue weighted by molar-refractivity contribution is 5.94. The van der Waals surface area contributed by atoms with Crippen molar-refractivity contribution in [1.82, 2.24) is 0 Å². The highest BCUT2D eigenvalue weighted by Gasteiger charge is 2.20. The largest absolute Gasteiger partial charge is 0.466 e. The third kappa shape index (κ3) is 6.63. The fourth-order valence-electron chi connectivity index (χ4n) is 1.96. The Bertz CT molecular complexity index is 527. The SMILES string of the molecule is COCC(COC)=C(CC(=O)OCc1ccccc1)C(=O)OC. The third-order valence-corrected chi connectivity index (χ3v) is 3.06. The Labute approximate surface area is 136 Å². The molecule has 0 saturated carbocycles. The van der Waals surface area contributed by atoms with Crippen molar-refractivity contribution in [3.8, 4) is 0 Å². The van der Waals surface area contributed by atoms with Gasteiger partial charge in [-0.05, 0) is 11.1 Å². The molecule has 0 heterocycles. The standard InChI is InChI=1S/C17H22O6/c1-20-11-14(12-21-2)15(17(19)22-3)9-16(18)23-10-13-7-5-4-6-8-13/h4-8H,9-12H2,1-3H3. The zero-order valence-corrected chi connectivity index (χ0v) is 13.7. The van der Waals surface area contributed by atoms with E-state index in [2.05, 4.69) is 0 Å². The zero-order chi connectivity index (χ0) is 17.1. The Hall–Kier alpha value is -2.18. The first-order valence-electron chi connectivity index (χ1n) is 7.09. The van der Waals surface area contributed by atoms with E-state index in [1.807, 2.05) is 30.3 Å². The van der Waals surface area contributed by atoms with Crippen LogP contribution in [0, 0.1) is 0 Å². The van der Waals surface area contributed by atoms with Crippen molar-refractivity contribution in [1.29, 1.82) is 0 Å². The number of benzene rings is 1. The predicted octanol–water partition coefficient (Wildman–Crippen LogP) is 1.88. The summed E-state index contributed by atoms with van der Waals surface area (Å²) in [4.78, 5) is 23.9. The monoisotopic (exact) mass is 322 g/mol. The maximum atomic E-state index is 12.0. The minimum absolute atomic E-state index is 0.151. The number of hydrogen-bond acceptors (Lipinski definition) is 6. The maximum absolute atomic E-state index is 12.0. The molecule has 0 saturated heterocycles. The fourth-order valence-corrected chi connectivity index (χ4v) is 1.96. The average molecular weight is 322 g/mol. The van der Waals surface area contributed by atoms with Gasteiger partial charge in [-0.3, -0.25) is 4.79 Å². The number of carbonyl (C=O) groups excluding carboxylic acids is 2. The number of hydrogen-bond donors (Lipinski definition) is 0. The zero-order valence-electron chi connectivity index (χ0n) is 13.7. The number of esters is 2. The van der Waals surface area contributed by atoms with Crippen molar-refractivity contribution in [2.45, 2.75) is 13.0 Å². The van der Waals surface area contributed by atoms with E-state index in [1.165, 1.54) is 21.3 Å². The lowest BCUT2D eigenvalue weighted by Gasteiger charge is -2.13. The lowest BCUT2D eigenvalue weighted by Crippen LogP contribution is -2.18. The summed E-state index contributed by atoms with van der Waals surface area (Å²) in [5.74, 6) is -1.11. The molecule has 0 bridgehead atoms. The molecule has 0 aromatic heterocycles. The first-order chi connectivity index (χ1) is 11.1. The van der Waals surface area contributed by atoms with Crippen LogP contribution in [-0.4, -0.2) is 46.5 Å². The first-order valence-corrected chi connectivity index (χ1v) is 7.09. The maximum Gasteiger partial charge on any atom is 0.334 e. The van der Waals surface area contributed by atoms with Gasteiger partial charge in [0.1, 0.15) is 6.61 Å². The lowest BCUT2D eigenvalue weighted by atomic mass is 10.1. The van der Waals surface area contributed by atoms with E-state index in [-0.39, 0.29) is 31.8 Å². The molecular weight excluding hydrogens is 300 g/mol. The molecule has 23 heavy (non-hydrogen) atoms. The third-order valence-electron chi connectivity index (χ3n) is 3.06. The Balaban J connectivity index is 2.77. The van der Waals surface area contributed by atoms with E-state index < -0.39 is 11.9 Å². The van der Waals surface area contributed by atoms with Crippen molar-refractivity contribution in [3.63, 3.8) is 0 Å². The van der Waals surface area contributed by atoms with Gasteiger partial charge >= 0.3 is 11.9 Å². The van der Waals surface area contributed by atoms with Crippen LogP contribution in [0.4, 0.5) is 0 Å². The minimum Gasteiger partial charge on any atom is -0.466 e. The Morgan fingerprint density at radius 2 is 1.57 bits per heavy atom. The Kier molecular flexibility index (Phi) is 8.64. The second kappa shape index (κ2) is 10.5. The van der Waals surface area contributed by atoms with Crippen LogP contribution < -0.4 is 0 Å². The molecule has 6 heteroatoms. The molecule has 0 spiro atoms. The van der Waals surface area contributed by atoms with Gasteiger partial charge in [-0.25, -0.2) is 4.79 Å². The van der Waals surface area contributed by atoms with Crippen LogP contribution in [-0.2, 0) is 35.1 Å². The predicted molar refractivity (Wildman–Crippen MR) is 83.6 cm³/mol. The van der Waals surface area contributed by atoms with Crippen LogP contribution in [0.3, 0.4) is 0 Å². The van der Waals surface area contributed by atoms with Gasteiger partial charge in [-0.1, -0.05) is 30.3 Å². The average Bonchev–Trinajstić information content (AvgIpc) is 2.58. The number of ether oxygens (including phenoxy) is 4. The van der Waals surface area contributed by atoms with Gasteiger partial charge < -0.3 is 18.9 Å². The van der Waals surface area contributed by atoms with Crippen molar-refractivity contribution in [2.24, 2.45) is 0 Å². The molecule has 1 aromatic rings. The van der Waals surface area contributed by atoms with Gasteiger partial charge in [0.15, 0.2) is 0 Å². The molecule has 126 valence electrons. The van der Waals surface area contributed by atoms with Crippen molar-refractivity contribution in [2.75, 3.05) is 34.5 Å². The van der Waals surface area contributed by atoms with Crippen LogP contribution in [0.1, 0.15) is 12.0 Å². The highest BCUT2D eigenvalue weighted by atomic mass is 16.5.